The number of benzene rings is 1. The number of nitrogens with zero attached hydrogens (tertiary/aromatic N) is 1. The summed E-state index contributed by atoms with van der Waals surface area (Å²) in [5, 5.41) is 0. The highest BCUT2D eigenvalue weighted by Crippen LogP contribution is 2.62. The predicted octanol–water partition coefficient (Wildman–Crippen LogP) is 2.98. The first-order chi connectivity index (χ1) is 13.4. The quantitative estimate of drug-likeness (QED) is 0.418. The summed E-state index contributed by atoms with van der Waals surface area (Å²) in [6.45, 7) is 1.79. The number of rotatable bonds is 10. The Kier molecular flexibility index (Phi) is 8.09. The van der Waals surface area contributed by atoms with E-state index < -0.39 is 25.8 Å². The van der Waals surface area contributed by atoms with Gasteiger partial charge in [-0.1, -0.05) is 6.07 Å². The van der Waals surface area contributed by atoms with Crippen molar-refractivity contribution in [2.45, 2.75) is 19.0 Å². The molecule has 1 heterocycles. The number of ether oxygens (including phenoxy) is 5. The van der Waals surface area contributed by atoms with E-state index >= 15 is 0 Å². The summed E-state index contributed by atoms with van der Waals surface area (Å²) in [6, 6.07) is 4.94. The van der Waals surface area contributed by atoms with Gasteiger partial charge in [-0.2, -0.15) is 0 Å². The first-order valence-electron chi connectivity index (χ1n) is 8.53. The second kappa shape index (κ2) is 10.1. The number of carbonyl (C=O) groups excluding carboxylic acids is 1. The molecule has 28 heavy (non-hydrogen) atoms. The lowest BCUT2D eigenvalue weighted by Crippen LogP contribution is -2.42. The number of hydrogen-bond donors (Lipinski definition) is 0. The van der Waals surface area contributed by atoms with Crippen LogP contribution < -0.4 is 9.47 Å². The average molecular weight is 419 g/mol. The van der Waals surface area contributed by atoms with Gasteiger partial charge in [-0.3, -0.25) is 9.46 Å². The third-order valence-electron chi connectivity index (χ3n) is 4.17. The van der Waals surface area contributed by atoms with Crippen LogP contribution in [0.25, 0.3) is 0 Å². The van der Waals surface area contributed by atoms with Crippen LogP contribution in [0.4, 0.5) is 4.79 Å². The van der Waals surface area contributed by atoms with Crippen molar-refractivity contribution in [3.8, 4) is 11.5 Å². The average Bonchev–Trinajstić information content (AvgIpc) is 3.18. The lowest BCUT2D eigenvalue weighted by Gasteiger charge is -2.35. The number of amides is 1. The molecule has 0 aromatic heterocycles. The third kappa shape index (κ3) is 4.76. The van der Waals surface area contributed by atoms with Gasteiger partial charge in [0.2, 0.25) is 6.79 Å². The van der Waals surface area contributed by atoms with Crippen molar-refractivity contribution in [2.24, 2.45) is 0 Å². The summed E-state index contributed by atoms with van der Waals surface area (Å²) in [4.78, 5) is 13.9. The fourth-order valence-corrected chi connectivity index (χ4v) is 4.37. The zero-order valence-electron chi connectivity index (χ0n) is 16.6. The van der Waals surface area contributed by atoms with Crippen LogP contribution in [0.2, 0.25) is 0 Å². The van der Waals surface area contributed by atoms with Crippen molar-refractivity contribution in [3.63, 3.8) is 0 Å². The Labute approximate surface area is 164 Å². The smallest absolute Gasteiger partial charge is 0.411 e. The minimum atomic E-state index is -3.83. The number of methoxy groups -OCH3 is 2. The lowest BCUT2D eigenvalue weighted by atomic mass is 10.2. The normalized spacial score (nSPS) is 14.2. The van der Waals surface area contributed by atoms with Crippen molar-refractivity contribution >= 4 is 13.7 Å². The maximum absolute atomic E-state index is 13.4. The summed E-state index contributed by atoms with van der Waals surface area (Å²) in [5.41, 5.74) is 0.454. The highest BCUT2D eigenvalue weighted by atomic mass is 31.2. The second-order valence-electron chi connectivity index (χ2n) is 5.64. The van der Waals surface area contributed by atoms with Gasteiger partial charge in [-0.15, -0.1) is 0 Å². The number of carbonyl (C=O) groups is 1. The van der Waals surface area contributed by atoms with Gasteiger partial charge in [0.25, 0.3) is 0 Å². The molecule has 1 aromatic rings. The Morgan fingerprint density at radius 2 is 1.79 bits per heavy atom. The molecule has 2 rings (SSSR count). The van der Waals surface area contributed by atoms with Crippen LogP contribution >= 0.6 is 7.60 Å². The van der Waals surface area contributed by atoms with Gasteiger partial charge >= 0.3 is 13.7 Å². The molecule has 1 aliphatic heterocycles. The molecule has 0 aliphatic carbocycles. The molecule has 0 saturated carbocycles. The number of hydrogen-bond acceptors (Lipinski definition) is 9. The SMILES string of the molecule is CCOC(=O)N(CC(OC)OC)C(c1ccc2c(c1)OCO2)P(=O)(OC)OC. The first kappa shape index (κ1) is 22.4. The van der Waals surface area contributed by atoms with Crippen LogP contribution in [0.15, 0.2) is 18.2 Å². The van der Waals surface area contributed by atoms with Gasteiger partial charge in [-0.25, -0.2) is 4.79 Å². The second-order valence-corrected chi connectivity index (χ2v) is 7.94. The van der Waals surface area contributed by atoms with E-state index in [4.69, 9.17) is 32.7 Å². The van der Waals surface area contributed by atoms with Crippen LogP contribution in [0.5, 0.6) is 11.5 Å². The van der Waals surface area contributed by atoms with Crippen molar-refractivity contribution in [1.82, 2.24) is 4.90 Å². The third-order valence-corrected chi connectivity index (χ3v) is 6.37. The molecule has 0 radical (unpaired) electrons. The van der Waals surface area contributed by atoms with Crippen molar-refractivity contribution < 1.29 is 42.1 Å². The van der Waals surface area contributed by atoms with Crippen LogP contribution in [0.1, 0.15) is 18.3 Å². The van der Waals surface area contributed by atoms with E-state index in [0.717, 1.165) is 0 Å². The van der Waals surface area contributed by atoms with Gasteiger partial charge in [0.05, 0.1) is 13.2 Å². The Balaban J connectivity index is 2.55. The minimum absolute atomic E-state index is 0.0761. The molecule has 1 aromatic carbocycles. The Morgan fingerprint density at radius 3 is 2.36 bits per heavy atom. The lowest BCUT2D eigenvalue weighted by molar-refractivity contribution is -0.115. The summed E-state index contributed by atoms with van der Waals surface area (Å²) in [5.74, 6) is -0.134. The summed E-state index contributed by atoms with van der Waals surface area (Å²) < 4.78 is 50.1. The van der Waals surface area contributed by atoms with Gasteiger partial charge in [0, 0.05) is 28.4 Å². The van der Waals surface area contributed by atoms with E-state index in [1.807, 2.05) is 0 Å². The molecule has 0 fully saturated rings. The molecule has 0 N–H and O–H groups in total. The van der Waals surface area contributed by atoms with E-state index in [0.29, 0.717) is 17.1 Å². The van der Waals surface area contributed by atoms with Gasteiger partial charge in [0.15, 0.2) is 23.6 Å². The molecule has 0 spiro atoms. The monoisotopic (exact) mass is 419 g/mol. The van der Waals surface area contributed by atoms with Crippen molar-refractivity contribution in [3.05, 3.63) is 23.8 Å². The summed E-state index contributed by atoms with van der Waals surface area (Å²) in [7, 11) is 1.52. The summed E-state index contributed by atoms with van der Waals surface area (Å²) in [6.07, 6.45) is -1.51. The molecule has 0 bridgehead atoms. The molecular weight excluding hydrogens is 393 g/mol. The maximum Gasteiger partial charge on any atom is 0.411 e. The molecule has 11 heteroatoms. The standard InChI is InChI=1S/C17H26NO9P/c1-6-25-17(19)18(10-15(21-2)22-3)16(28(20,23-4)24-5)12-7-8-13-14(9-12)27-11-26-13/h7-9,15-16H,6,10-11H2,1-5H3. The van der Waals surface area contributed by atoms with Gasteiger partial charge in [0.1, 0.15) is 0 Å². The van der Waals surface area contributed by atoms with Crippen LogP contribution in [0.3, 0.4) is 0 Å². The van der Waals surface area contributed by atoms with E-state index in [2.05, 4.69) is 0 Å². The van der Waals surface area contributed by atoms with Gasteiger partial charge in [-0.05, 0) is 24.6 Å². The van der Waals surface area contributed by atoms with Crippen LogP contribution in [-0.2, 0) is 27.8 Å². The molecule has 0 saturated heterocycles. The largest absolute Gasteiger partial charge is 0.454 e. The zero-order chi connectivity index (χ0) is 20.7. The Bertz CT molecular complexity index is 702. The van der Waals surface area contributed by atoms with Crippen molar-refractivity contribution in [1.29, 1.82) is 0 Å². The van der Waals surface area contributed by atoms with Crippen molar-refractivity contribution in [2.75, 3.05) is 48.4 Å². The highest BCUT2D eigenvalue weighted by Gasteiger charge is 2.44. The zero-order valence-corrected chi connectivity index (χ0v) is 17.5. The number of fused-ring (bicyclic) bond motifs is 1. The van der Waals surface area contributed by atoms with Crippen LogP contribution in [0, 0.1) is 0 Å². The molecule has 1 unspecified atom stereocenters. The first-order valence-corrected chi connectivity index (χ1v) is 10.1. The molecule has 158 valence electrons. The maximum atomic E-state index is 13.4. The molecular formula is C17H26NO9P. The molecule has 1 atom stereocenters. The van der Waals surface area contributed by atoms with E-state index in [1.54, 1.807) is 25.1 Å². The van der Waals surface area contributed by atoms with E-state index in [-0.39, 0.29) is 19.9 Å². The molecule has 1 aliphatic rings. The van der Waals surface area contributed by atoms with E-state index in [9.17, 15) is 9.36 Å². The predicted molar refractivity (Wildman–Crippen MR) is 98.5 cm³/mol. The molecule has 1 amide bonds. The van der Waals surface area contributed by atoms with E-state index in [1.165, 1.54) is 33.3 Å². The minimum Gasteiger partial charge on any atom is -0.454 e. The van der Waals surface area contributed by atoms with Gasteiger partial charge < -0.3 is 32.7 Å². The topological polar surface area (TPSA) is 102 Å². The molecule has 10 nitrogen and oxygen atoms in total. The Morgan fingerprint density at radius 1 is 1.14 bits per heavy atom. The fourth-order valence-electron chi connectivity index (χ4n) is 2.77. The summed E-state index contributed by atoms with van der Waals surface area (Å²) >= 11 is 0. The highest BCUT2D eigenvalue weighted by molar-refractivity contribution is 7.54. The van der Waals surface area contributed by atoms with Crippen LogP contribution in [-0.4, -0.2) is 65.7 Å². The fraction of sp³-hybridized carbons (Fsp3) is 0.588. The Hall–Kier alpha value is -1.84.